The van der Waals surface area contributed by atoms with Crippen LogP contribution in [0.3, 0.4) is 0 Å². The molecule has 0 radical (unpaired) electrons. The summed E-state index contributed by atoms with van der Waals surface area (Å²) in [5.41, 5.74) is 3.29. The highest BCUT2D eigenvalue weighted by molar-refractivity contribution is 7.80. The van der Waals surface area contributed by atoms with Gasteiger partial charge in [0.25, 0.3) is 0 Å². The van der Waals surface area contributed by atoms with Crippen LogP contribution in [0.5, 0.6) is 28.7 Å². The minimum absolute atomic E-state index is 0.245. The number of benzene rings is 3. The molecule has 1 atom stereocenters. The Morgan fingerprint density at radius 2 is 1.54 bits per heavy atom. The molecule has 9 nitrogen and oxygen atoms in total. The van der Waals surface area contributed by atoms with Crippen LogP contribution < -0.4 is 29.0 Å². The second kappa shape index (κ2) is 12.6. The third-order valence-corrected chi connectivity index (χ3v) is 6.93. The lowest BCUT2D eigenvalue weighted by Crippen LogP contribution is -2.44. The number of nitrogens with zero attached hydrogens (tertiary/aromatic N) is 1. The number of nitrogens with one attached hydrogen (secondary N) is 1. The SMILES string of the molecule is COC(=O)c1ccc(OC[C@H]2c3cc(OC)c(OC)cc3CCN2C(=S)Nc2cc(OC)ccc2OC)cc1. The molecule has 1 aliphatic rings. The molecule has 0 aromatic heterocycles. The lowest BCUT2D eigenvalue weighted by Gasteiger charge is -2.39. The highest BCUT2D eigenvalue weighted by Gasteiger charge is 2.32. The van der Waals surface area contributed by atoms with E-state index in [4.69, 9.17) is 40.6 Å². The molecule has 10 heteroatoms. The van der Waals surface area contributed by atoms with E-state index >= 15 is 0 Å². The monoisotopic (exact) mass is 552 g/mol. The number of hydrogen-bond acceptors (Lipinski definition) is 8. The number of anilines is 1. The number of fused-ring (bicyclic) bond motifs is 1. The van der Waals surface area contributed by atoms with E-state index in [2.05, 4.69) is 10.2 Å². The summed E-state index contributed by atoms with van der Waals surface area (Å²) < 4.78 is 33.0. The van der Waals surface area contributed by atoms with E-state index in [1.165, 1.54) is 7.11 Å². The maximum absolute atomic E-state index is 11.8. The minimum Gasteiger partial charge on any atom is -0.497 e. The molecular formula is C29H32N2O7S. The van der Waals surface area contributed by atoms with E-state index in [0.29, 0.717) is 51.7 Å². The largest absolute Gasteiger partial charge is 0.497 e. The highest BCUT2D eigenvalue weighted by atomic mass is 32.1. The maximum atomic E-state index is 11.8. The van der Waals surface area contributed by atoms with E-state index in [-0.39, 0.29) is 12.6 Å². The van der Waals surface area contributed by atoms with E-state index in [1.807, 2.05) is 30.3 Å². The zero-order valence-corrected chi connectivity index (χ0v) is 23.4. The molecule has 206 valence electrons. The molecule has 0 unspecified atom stereocenters. The van der Waals surface area contributed by atoms with E-state index in [0.717, 1.165) is 17.5 Å². The van der Waals surface area contributed by atoms with Crippen molar-refractivity contribution in [3.63, 3.8) is 0 Å². The quantitative estimate of drug-likeness (QED) is 0.293. The number of carbonyl (C=O) groups excluding carboxylic acids is 1. The van der Waals surface area contributed by atoms with Crippen molar-refractivity contribution < 1.29 is 33.2 Å². The van der Waals surface area contributed by atoms with Gasteiger partial charge in [-0.25, -0.2) is 4.79 Å². The molecule has 0 fully saturated rings. The molecule has 0 spiro atoms. The van der Waals surface area contributed by atoms with Crippen LogP contribution in [0.1, 0.15) is 27.5 Å². The topological polar surface area (TPSA) is 87.7 Å². The fraction of sp³-hybridized carbons (Fsp3) is 0.310. The average Bonchev–Trinajstić information content (AvgIpc) is 2.98. The molecule has 1 heterocycles. The Morgan fingerprint density at radius 3 is 2.18 bits per heavy atom. The molecule has 3 aromatic carbocycles. The predicted octanol–water partition coefficient (Wildman–Crippen LogP) is 4.88. The van der Waals surface area contributed by atoms with Gasteiger partial charge in [-0.2, -0.15) is 0 Å². The van der Waals surface area contributed by atoms with Crippen molar-refractivity contribution in [2.75, 3.05) is 54.0 Å². The van der Waals surface area contributed by atoms with Crippen LogP contribution in [-0.4, -0.2) is 64.7 Å². The predicted molar refractivity (Wildman–Crippen MR) is 152 cm³/mol. The molecule has 39 heavy (non-hydrogen) atoms. The molecule has 1 N–H and O–H groups in total. The van der Waals surface area contributed by atoms with Gasteiger partial charge in [0.2, 0.25) is 0 Å². The van der Waals surface area contributed by atoms with Crippen molar-refractivity contribution >= 4 is 29.0 Å². The van der Waals surface area contributed by atoms with Crippen LogP contribution in [0.25, 0.3) is 0 Å². The fourth-order valence-electron chi connectivity index (χ4n) is 4.53. The number of rotatable bonds is 9. The standard InChI is InChI=1S/C29H32N2O7S/c1-33-21-10-11-25(34-2)23(15-21)30-29(39)31-13-12-19-14-26(35-3)27(36-4)16-22(19)24(31)17-38-20-8-6-18(7-9-20)28(32)37-5/h6-11,14-16,24H,12-13,17H2,1-5H3,(H,30,39)/t24-/m0/s1. The van der Waals surface area contributed by atoms with Crippen LogP contribution >= 0.6 is 12.2 Å². The van der Waals surface area contributed by atoms with Crippen molar-refractivity contribution in [1.29, 1.82) is 0 Å². The molecular weight excluding hydrogens is 520 g/mol. The van der Waals surface area contributed by atoms with Crippen molar-refractivity contribution in [3.05, 3.63) is 71.3 Å². The number of esters is 1. The van der Waals surface area contributed by atoms with Crippen LogP contribution in [0.4, 0.5) is 5.69 Å². The van der Waals surface area contributed by atoms with Gasteiger partial charge in [0.1, 0.15) is 23.9 Å². The van der Waals surface area contributed by atoms with E-state index in [1.54, 1.807) is 52.7 Å². The van der Waals surface area contributed by atoms with Crippen LogP contribution in [0.2, 0.25) is 0 Å². The summed E-state index contributed by atoms with van der Waals surface area (Å²) in [6.07, 6.45) is 0.747. The molecule has 0 aliphatic carbocycles. The number of ether oxygens (including phenoxy) is 6. The Labute approximate surface area is 233 Å². The summed E-state index contributed by atoms with van der Waals surface area (Å²) in [7, 11) is 7.80. The first kappa shape index (κ1) is 27.8. The second-order valence-corrected chi connectivity index (χ2v) is 9.08. The summed E-state index contributed by atoms with van der Waals surface area (Å²) in [4.78, 5) is 13.9. The second-order valence-electron chi connectivity index (χ2n) is 8.69. The van der Waals surface area contributed by atoms with Gasteiger partial charge >= 0.3 is 5.97 Å². The molecule has 4 rings (SSSR count). The number of methoxy groups -OCH3 is 5. The first-order valence-electron chi connectivity index (χ1n) is 12.3. The molecule has 0 bridgehead atoms. The van der Waals surface area contributed by atoms with Crippen LogP contribution in [0, 0.1) is 0 Å². The zero-order chi connectivity index (χ0) is 27.9. The van der Waals surface area contributed by atoms with Gasteiger partial charge in [-0.15, -0.1) is 0 Å². The van der Waals surface area contributed by atoms with Gasteiger partial charge in [-0.05, 0) is 78.3 Å². The van der Waals surface area contributed by atoms with Gasteiger partial charge in [-0.3, -0.25) is 0 Å². The maximum Gasteiger partial charge on any atom is 0.337 e. The number of hydrogen-bond donors (Lipinski definition) is 1. The Morgan fingerprint density at radius 1 is 0.872 bits per heavy atom. The van der Waals surface area contributed by atoms with Crippen LogP contribution in [0.15, 0.2) is 54.6 Å². The van der Waals surface area contributed by atoms with Gasteiger partial charge in [0.15, 0.2) is 16.6 Å². The Kier molecular flexibility index (Phi) is 8.98. The van der Waals surface area contributed by atoms with Crippen molar-refractivity contribution in [2.24, 2.45) is 0 Å². The third kappa shape index (κ3) is 6.12. The summed E-state index contributed by atoms with van der Waals surface area (Å²) in [5, 5.41) is 3.84. The minimum atomic E-state index is -0.403. The van der Waals surface area contributed by atoms with Gasteiger partial charge in [-0.1, -0.05) is 0 Å². The van der Waals surface area contributed by atoms with Crippen LogP contribution in [-0.2, 0) is 11.2 Å². The van der Waals surface area contributed by atoms with Crippen molar-refractivity contribution in [3.8, 4) is 28.7 Å². The summed E-state index contributed by atoms with van der Waals surface area (Å²) in [6, 6.07) is 16.0. The smallest absolute Gasteiger partial charge is 0.337 e. The van der Waals surface area contributed by atoms with E-state index in [9.17, 15) is 4.79 Å². The summed E-state index contributed by atoms with van der Waals surface area (Å²) in [5.74, 6) is 2.82. The average molecular weight is 553 g/mol. The zero-order valence-electron chi connectivity index (χ0n) is 22.6. The Balaban J connectivity index is 1.64. The first-order chi connectivity index (χ1) is 18.9. The molecule has 0 saturated carbocycles. The van der Waals surface area contributed by atoms with Crippen molar-refractivity contribution in [2.45, 2.75) is 12.5 Å². The summed E-state index contributed by atoms with van der Waals surface area (Å²) >= 11 is 5.90. The normalized spacial score (nSPS) is 14.1. The molecule has 0 saturated heterocycles. The van der Waals surface area contributed by atoms with Crippen molar-refractivity contribution in [1.82, 2.24) is 4.90 Å². The first-order valence-corrected chi connectivity index (χ1v) is 12.7. The lowest BCUT2D eigenvalue weighted by molar-refractivity contribution is 0.0600. The van der Waals surface area contributed by atoms with Gasteiger partial charge in [0.05, 0.1) is 52.8 Å². The molecule has 1 aliphatic heterocycles. The molecule has 3 aromatic rings. The Bertz CT molecular complexity index is 1330. The third-order valence-electron chi connectivity index (χ3n) is 6.60. The fourth-order valence-corrected chi connectivity index (χ4v) is 4.86. The Hall–Kier alpha value is -4.18. The highest BCUT2D eigenvalue weighted by Crippen LogP contribution is 2.39. The van der Waals surface area contributed by atoms with E-state index < -0.39 is 5.97 Å². The summed E-state index contributed by atoms with van der Waals surface area (Å²) in [6.45, 7) is 0.938. The van der Waals surface area contributed by atoms with Gasteiger partial charge in [0, 0.05) is 12.6 Å². The molecule has 0 amide bonds. The van der Waals surface area contributed by atoms with Gasteiger partial charge < -0.3 is 38.6 Å². The lowest BCUT2D eigenvalue weighted by atomic mass is 9.92. The number of thiocarbonyl (C=S) groups is 1. The number of carbonyl (C=O) groups is 1.